The molecule has 32 heavy (non-hydrogen) atoms. The summed E-state index contributed by atoms with van der Waals surface area (Å²) in [7, 11) is 0. The van der Waals surface area contributed by atoms with Crippen LogP contribution >= 0.6 is 0 Å². The molecule has 0 radical (unpaired) electrons. The lowest BCUT2D eigenvalue weighted by Crippen LogP contribution is -2.37. The Kier molecular flexibility index (Phi) is 5.74. The normalized spacial score (nSPS) is 15.1. The Morgan fingerprint density at radius 3 is 2.78 bits per heavy atom. The lowest BCUT2D eigenvalue weighted by Gasteiger charge is -2.23. The molecular weight excluding hydrogens is 407 g/mol. The molecule has 0 bridgehead atoms. The first-order chi connectivity index (χ1) is 15.3. The maximum absolute atomic E-state index is 14.1. The summed E-state index contributed by atoms with van der Waals surface area (Å²) in [5.41, 5.74) is 2.49. The van der Waals surface area contributed by atoms with Crippen molar-refractivity contribution >= 4 is 23.3 Å². The van der Waals surface area contributed by atoms with Gasteiger partial charge in [0.05, 0.1) is 23.1 Å². The van der Waals surface area contributed by atoms with Gasteiger partial charge in [-0.3, -0.25) is 14.7 Å². The number of hydrogen-bond acceptors (Lipinski definition) is 4. The molecule has 2 aromatic heterocycles. The van der Waals surface area contributed by atoms with Crippen LogP contribution in [0.4, 0.5) is 20.7 Å². The summed E-state index contributed by atoms with van der Waals surface area (Å²) >= 11 is 0. The second kappa shape index (κ2) is 8.49. The van der Waals surface area contributed by atoms with Crippen LogP contribution in [0.2, 0.25) is 0 Å². The summed E-state index contributed by atoms with van der Waals surface area (Å²) in [6.07, 6.45) is 3.78. The molecular formula is C25H25FN4O2. The van der Waals surface area contributed by atoms with Gasteiger partial charge < -0.3 is 5.32 Å². The Balaban J connectivity index is 1.79. The number of hydrogen-bond donors (Lipinski definition) is 1. The molecule has 2 amide bonds. The van der Waals surface area contributed by atoms with Gasteiger partial charge in [0, 0.05) is 23.7 Å². The SMILES string of the molecule is CCc1cccc(-c2ccc3c(n2)N(C(=O)Nc2ccncc2F)CCC(C)(C)C3=O)c1. The summed E-state index contributed by atoms with van der Waals surface area (Å²) in [6, 6.07) is 12.4. The monoisotopic (exact) mass is 432 g/mol. The lowest BCUT2D eigenvalue weighted by atomic mass is 9.82. The van der Waals surface area contributed by atoms with E-state index < -0.39 is 17.3 Å². The van der Waals surface area contributed by atoms with Gasteiger partial charge in [-0.2, -0.15) is 0 Å². The molecule has 6 nitrogen and oxygen atoms in total. The average Bonchev–Trinajstić information content (AvgIpc) is 2.89. The molecule has 1 aliphatic heterocycles. The summed E-state index contributed by atoms with van der Waals surface area (Å²) < 4.78 is 14.1. The smallest absolute Gasteiger partial charge is 0.305 e. The van der Waals surface area contributed by atoms with Gasteiger partial charge in [-0.05, 0) is 42.7 Å². The van der Waals surface area contributed by atoms with Crippen LogP contribution in [0.1, 0.15) is 43.1 Å². The summed E-state index contributed by atoms with van der Waals surface area (Å²) in [5, 5.41) is 2.59. The van der Waals surface area contributed by atoms with E-state index in [1.807, 2.05) is 44.2 Å². The van der Waals surface area contributed by atoms with E-state index in [2.05, 4.69) is 17.2 Å². The molecule has 3 aromatic rings. The van der Waals surface area contributed by atoms with Crippen molar-refractivity contribution in [2.75, 3.05) is 16.8 Å². The van der Waals surface area contributed by atoms with E-state index in [9.17, 15) is 14.0 Å². The number of nitrogens with one attached hydrogen (secondary N) is 1. The van der Waals surface area contributed by atoms with Crippen LogP contribution in [0.15, 0.2) is 54.9 Å². The van der Waals surface area contributed by atoms with Crippen molar-refractivity contribution in [3.05, 3.63) is 71.8 Å². The second-order valence-corrected chi connectivity index (χ2v) is 8.52. The van der Waals surface area contributed by atoms with Gasteiger partial charge in [-0.1, -0.05) is 39.0 Å². The van der Waals surface area contributed by atoms with Gasteiger partial charge in [-0.15, -0.1) is 0 Å². The Labute approximate surface area is 186 Å². The Bertz CT molecular complexity index is 1190. The zero-order valence-electron chi connectivity index (χ0n) is 18.4. The predicted molar refractivity (Wildman–Crippen MR) is 122 cm³/mol. The molecule has 0 saturated carbocycles. The lowest BCUT2D eigenvalue weighted by molar-refractivity contribution is 0.0835. The number of carbonyl (C=O) groups excluding carboxylic acids is 2. The van der Waals surface area contributed by atoms with Crippen molar-refractivity contribution in [2.24, 2.45) is 5.41 Å². The zero-order chi connectivity index (χ0) is 22.9. The van der Waals surface area contributed by atoms with Crippen LogP contribution in [0.5, 0.6) is 0 Å². The Morgan fingerprint density at radius 2 is 2.03 bits per heavy atom. The fourth-order valence-electron chi connectivity index (χ4n) is 3.78. The number of amides is 2. The Morgan fingerprint density at radius 1 is 1.22 bits per heavy atom. The number of aryl methyl sites for hydroxylation is 1. The van der Waals surface area contributed by atoms with E-state index >= 15 is 0 Å². The number of fused-ring (bicyclic) bond motifs is 1. The number of rotatable bonds is 3. The van der Waals surface area contributed by atoms with Crippen LogP contribution in [0.25, 0.3) is 11.3 Å². The standard InChI is InChI=1S/C25H25FN4O2/c1-4-16-6-5-7-17(14-16)20-9-8-18-22(31)25(2,3)11-13-30(23(18)28-20)24(32)29-21-10-12-27-15-19(21)26/h5-10,12,14-15H,4,11,13H2,1-3H3,(H,27,29,32). The molecule has 0 atom stereocenters. The van der Waals surface area contributed by atoms with E-state index in [0.717, 1.165) is 18.2 Å². The van der Waals surface area contributed by atoms with Crippen molar-refractivity contribution < 1.29 is 14.0 Å². The third kappa shape index (κ3) is 4.10. The van der Waals surface area contributed by atoms with Gasteiger partial charge in [0.1, 0.15) is 5.82 Å². The first kappa shape index (κ1) is 21.6. The van der Waals surface area contributed by atoms with Crippen LogP contribution in [0, 0.1) is 11.2 Å². The summed E-state index contributed by atoms with van der Waals surface area (Å²) in [4.78, 5) is 36.3. The number of carbonyl (C=O) groups is 2. The van der Waals surface area contributed by atoms with Crippen molar-refractivity contribution in [2.45, 2.75) is 33.6 Å². The molecule has 0 aliphatic carbocycles. The molecule has 0 fully saturated rings. The Hall–Kier alpha value is -3.61. The largest absolute Gasteiger partial charge is 0.327 e. The third-order valence-corrected chi connectivity index (χ3v) is 5.84. The summed E-state index contributed by atoms with van der Waals surface area (Å²) in [6.45, 7) is 6.08. The molecule has 1 aliphatic rings. The number of urea groups is 1. The minimum Gasteiger partial charge on any atom is -0.305 e. The van der Waals surface area contributed by atoms with E-state index in [0.29, 0.717) is 17.7 Å². The van der Waals surface area contributed by atoms with Crippen LogP contribution < -0.4 is 10.2 Å². The molecule has 164 valence electrons. The highest BCUT2D eigenvalue weighted by Gasteiger charge is 2.37. The number of pyridine rings is 2. The van der Waals surface area contributed by atoms with Gasteiger partial charge in [0.25, 0.3) is 0 Å². The van der Waals surface area contributed by atoms with E-state index in [-0.39, 0.29) is 23.8 Å². The number of nitrogens with zero attached hydrogens (tertiary/aromatic N) is 3. The highest BCUT2D eigenvalue weighted by atomic mass is 19.1. The highest BCUT2D eigenvalue weighted by molar-refractivity contribution is 6.10. The van der Waals surface area contributed by atoms with Crippen LogP contribution in [-0.4, -0.2) is 28.3 Å². The predicted octanol–water partition coefficient (Wildman–Crippen LogP) is 5.50. The first-order valence-corrected chi connectivity index (χ1v) is 10.6. The third-order valence-electron chi connectivity index (χ3n) is 5.84. The minimum absolute atomic E-state index is 0.0215. The topological polar surface area (TPSA) is 75.2 Å². The molecule has 4 rings (SSSR count). The average molecular weight is 432 g/mol. The van der Waals surface area contributed by atoms with E-state index in [4.69, 9.17) is 4.98 Å². The maximum Gasteiger partial charge on any atom is 0.327 e. The molecule has 1 aromatic carbocycles. The first-order valence-electron chi connectivity index (χ1n) is 10.6. The molecule has 1 N–H and O–H groups in total. The molecule has 0 unspecified atom stereocenters. The molecule has 0 saturated heterocycles. The fraction of sp³-hybridized carbons (Fsp3) is 0.280. The van der Waals surface area contributed by atoms with E-state index in [1.165, 1.54) is 22.7 Å². The van der Waals surface area contributed by atoms with Crippen molar-refractivity contribution in [3.8, 4) is 11.3 Å². The minimum atomic E-state index is -0.656. The molecule has 3 heterocycles. The van der Waals surface area contributed by atoms with Gasteiger partial charge in [-0.25, -0.2) is 14.2 Å². The van der Waals surface area contributed by atoms with Gasteiger partial charge in [0.15, 0.2) is 11.6 Å². The van der Waals surface area contributed by atoms with Gasteiger partial charge in [0.2, 0.25) is 0 Å². The highest BCUT2D eigenvalue weighted by Crippen LogP contribution is 2.36. The number of Topliss-reactive ketones (excluding diaryl/α,β-unsaturated/α-hetero) is 1. The van der Waals surface area contributed by atoms with Crippen LogP contribution in [-0.2, 0) is 6.42 Å². The number of halogens is 1. The zero-order valence-corrected chi connectivity index (χ0v) is 18.4. The quantitative estimate of drug-likeness (QED) is 0.593. The number of benzene rings is 1. The number of aromatic nitrogens is 2. The fourth-order valence-corrected chi connectivity index (χ4v) is 3.78. The summed E-state index contributed by atoms with van der Waals surface area (Å²) in [5.74, 6) is -0.420. The number of anilines is 2. The molecule has 7 heteroatoms. The van der Waals surface area contributed by atoms with Crippen molar-refractivity contribution in [3.63, 3.8) is 0 Å². The van der Waals surface area contributed by atoms with Crippen LogP contribution in [0.3, 0.4) is 0 Å². The van der Waals surface area contributed by atoms with Crippen molar-refractivity contribution in [1.82, 2.24) is 9.97 Å². The maximum atomic E-state index is 14.1. The number of ketones is 1. The second-order valence-electron chi connectivity index (χ2n) is 8.52. The van der Waals surface area contributed by atoms with Crippen molar-refractivity contribution in [1.29, 1.82) is 0 Å². The molecule has 0 spiro atoms. The van der Waals surface area contributed by atoms with E-state index in [1.54, 1.807) is 6.07 Å². The van der Waals surface area contributed by atoms with Gasteiger partial charge >= 0.3 is 6.03 Å².